The number of aromatic nitrogens is 4. The number of hydrogen-bond donors (Lipinski definition) is 4. The second-order valence-electron chi connectivity index (χ2n) is 8.81. The molecular weight excluding hydrogens is 572 g/mol. The fourth-order valence-corrected chi connectivity index (χ4v) is 6.55. The molecule has 15 nitrogen and oxygen atoms in total. The van der Waals surface area contributed by atoms with Gasteiger partial charge in [0, 0.05) is 23.9 Å². The Morgan fingerprint density at radius 2 is 2.13 bits per heavy atom. The Morgan fingerprint density at radius 3 is 2.77 bits per heavy atom. The molecule has 4 heterocycles. The van der Waals surface area contributed by atoms with Crippen LogP contribution in [0.1, 0.15) is 19.5 Å². The third-order valence-corrected chi connectivity index (χ3v) is 8.62. The van der Waals surface area contributed by atoms with Gasteiger partial charge in [-0.1, -0.05) is 30.8 Å². The van der Waals surface area contributed by atoms with Crippen molar-refractivity contribution in [2.24, 2.45) is 18.1 Å². The maximum atomic E-state index is 13.1. The van der Waals surface area contributed by atoms with Gasteiger partial charge in [-0.2, -0.15) is 0 Å². The van der Waals surface area contributed by atoms with E-state index < -0.39 is 40.3 Å². The summed E-state index contributed by atoms with van der Waals surface area (Å²) in [4.78, 5) is 72.1. The molecule has 39 heavy (non-hydrogen) atoms. The van der Waals surface area contributed by atoms with Crippen molar-refractivity contribution in [1.82, 2.24) is 30.0 Å². The van der Waals surface area contributed by atoms with Crippen molar-refractivity contribution in [2.45, 2.75) is 30.4 Å². The van der Waals surface area contributed by atoms with Gasteiger partial charge in [-0.25, -0.2) is 14.9 Å². The van der Waals surface area contributed by atoms with E-state index in [1.54, 1.807) is 5.38 Å². The minimum absolute atomic E-state index is 0.101. The molecule has 1 saturated heterocycles. The van der Waals surface area contributed by atoms with Gasteiger partial charge < -0.3 is 21.0 Å². The van der Waals surface area contributed by atoms with Crippen molar-refractivity contribution in [3.63, 3.8) is 0 Å². The number of nitrogens with one attached hydrogen (secondary N) is 2. The summed E-state index contributed by atoms with van der Waals surface area (Å²) in [6, 6.07) is -1.00. The van der Waals surface area contributed by atoms with E-state index in [0.717, 1.165) is 32.6 Å². The molecule has 0 aliphatic carbocycles. The number of nitrogens with two attached hydrogens (primary N) is 1. The fraction of sp³-hybridized carbons (Fsp3) is 0.429. The number of anilines is 1. The van der Waals surface area contributed by atoms with Gasteiger partial charge in [-0.3, -0.25) is 28.6 Å². The van der Waals surface area contributed by atoms with Crippen LogP contribution in [-0.4, -0.2) is 82.8 Å². The molecular formula is C21H24N8O7S3. The number of nitrogens with zero attached hydrogens (tertiary/aromatic N) is 5. The molecule has 208 valence electrons. The van der Waals surface area contributed by atoms with Crippen molar-refractivity contribution in [1.29, 1.82) is 0 Å². The zero-order valence-corrected chi connectivity index (χ0v) is 23.3. The van der Waals surface area contributed by atoms with Crippen LogP contribution >= 0.6 is 34.9 Å². The van der Waals surface area contributed by atoms with E-state index in [9.17, 15) is 29.1 Å². The Labute approximate surface area is 232 Å². The summed E-state index contributed by atoms with van der Waals surface area (Å²) >= 11 is 3.44. The van der Waals surface area contributed by atoms with Gasteiger partial charge in [-0.15, -0.1) is 28.2 Å². The molecule has 2 atom stereocenters. The minimum Gasteiger partial charge on any atom is -0.477 e. The van der Waals surface area contributed by atoms with Crippen LogP contribution in [0.3, 0.4) is 0 Å². The number of oxime groups is 1. The molecule has 2 aromatic heterocycles. The summed E-state index contributed by atoms with van der Waals surface area (Å²) in [7, 11) is 1.38. The third kappa shape index (κ3) is 5.86. The van der Waals surface area contributed by atoms with E-state index in [1.165, 1.54) is 18.8 Å². The Balaban J connectivity index is 1.51. The minimum atomic E-state index is -1.31. The molecule has 5 N–H and O–H groups in total. The number of thiazole rings is 1. The maximum absolute atomic E-state index is 13.1. The van der Waals surface area contributed by atoms with E-state index in [-0.39, 0.29) is 51.4 Å². The Hall–Kier alpha value is -3.64. The number of thioether (sulfide) groups is 2. The van der Waals surface area contributed by atoms with Crippen molar-refractivity contribution in [3.05, 3.63) is 43.1 Å². The predicted molar refractivity (Wildman–Crippen MR) is 144 cm³/mol. The highest BCUT2D eigenvalue weighted by atomic mass is 32.2. The van der Waals surface area contributed by atoms with Crippen LogP contribution in [0.4, 0.5) is 5.13 Å². The highest BCUT2D eigenvalue weighted by Crippen LogP contribution is 2.41. The summed E-state index contributed by atoms with van der Waals surface area (Å²) in [6.07, 6.45) is 0. The standard InChI is InChI=1S/C21H24N8O7S3/c1-8(2)4-36-27-11(10-7-38-20(22)23-10)14(30)24-12-16(32)29-13(19(34)35)9(5-37-18(12)29)6-39-21-26-25-15(31)17(33)28(21)3/h7-8,12,18H,4-6H2,1-3H3,(H2,22,23)(H,24,30)(H,25,31)(H,34,35)/b27-11+. The number of carbonyl (C=O) groups is 3. The largest absolute Gasteiger partial charge is 0.477 e. The van der Waals surface area contributed by atoms with Gasteiger partial charge in [0.2, 0.25) is 0 Å². The molecule has 0 saturated carbocycles. The second kappa shape index (κ2) is 11.6. The normalized spacial score (nSPS) is 19.1. The predicted octanol–water partition coefficient (Wildman–Crippen LogP) is -0.585. The molecule has 2 aliphatic heterocycles. The van der Waals surface area contributed by atoms with Crippen LogP contribution in [-0.2, 0) is 26.3 Å². The summed E-state index contributed by atoms with van der Waals surface area (Å²) in [5, 5.41) is 23.6. The van der Waals surface area contributed by atoms with E-state index in [2.05, 4.69) is 25.7 Å². The molecule has 2 aliphatic rings. The second-order valence-corrected chi connectivity index (χ2v) is 11.7. The number of aliphatic carboxylic acids is 1. The number of H-pyrrole nitrogens is 1. The molecule has 2 unspecified atom stereocenters. The maximum Gasteiger partial charge on any atom is 0.352 e. The number of fused-ring (bicyclic) bond motifs is 1. The summed E-state index contributed by atoms with van der Waals surface area (Å²) in [5.41, 5.74) is 4.29. The zero-order valence-electron chi connectivity index (χ0n) is 20.9. The Bertz CT molecular complexity index is 1490. The first-order chi connectivity index (χ1) is 18.5. The molecule has 0 spiro atoms. The van der Waals surface area contributed by atoms with E-state index in [0.29, 0.717) is 5.57 Å². The van der Waals surface area contributed by atoms with Gasteiger partial charge in [-0.05, 0) is 11.5 Å². The quantitative estimate of drug-likeness (QED) is 0.0891. The number of rotatable bonds is 10. The third-order valence-electron chi connectivity index (χ3n) is 5.49. The number of aromatic amines is 1. The van der Waals surface area contributed by atoms with E-state index in [4.69, 9.17) is 10.6 Å². The summed E-state index contributed by atoms with van der Waals surface area (Å²) < 4.78 is 1.06. The van der Waals surface area contributed by atoms with Gasteiger partial charge in [0.1, 0.15) is 29.4 Å². The van der Waals surface area contributed by atoms with Crippen LogP contribution < -0.4 is 22.2 Å². The number of hydrogen-bond acceptors (Lipinski definition) is 13. The molecule has 0 radical (unpaired) electrons. The fourth-order valence-electron chi connectivity index (χ4n) is 3.60. The summed E-state index contributed by atoms with van der Waals surface area (Å²) in [5.74, 6) is -2.13. The molecule has 18 heteroatoms. The number of amides is 2. The molecule has 4 rings (SSSR count). The monoisotopic (exact) mass is 596 g/mol. The van der Waals surface area contributed by atoms with E-state index >= 15 is 0 Å². The summed E-state index contributed by atoms with van der Waals surface area (Å²) in [6.45, 7) is 4.08. The number of carboxylic acid groups (broad SMARTS) is 1. The average Bonchev–Trinajstić information content (AvgIpc) is 3.32. The molecule has 2 amide bonds. The van der Waals surface area contributed by atoms with Crippen LogP contribution in [0, 0.1) is 5.92 Å². The highest BCUT2D eigenvalue weighted by Gasteiger charge is 2.54. The lowest BCUT2D eigenvalue weighted by atomic mass is 10.0. The van der Waals surface area contributed by atoms with Crippen molar-refractivity contribution < 1.29 is 24.3 Å². The van der Waals surface area contributed by atoms with Gasteiger partial charge in [0.15, 0.2) is 16.0 Å². The molecule has 0 aromatic carbocycles. The average molecular weight is 597 g/mol. The smallest absolute Gasteiger partial charge is 0.352 e. The molecule has 0 bridgehead atoms. The topological polar surface area (TPSA) is 215 Å². The number of β-lactam (4-membered cyclic amide) rings is 1. The van der Waals surface area contributed by atoms with Crippen molar-refractivity contribution in [3.8, 4) is 0 Å². The van der Waals surface area contributed by atoms with Gasteiger partial charge in [0.05, 0.1) is 0 Å². The molecule has 2 aromatic rings. The first-order valence-corrected chi connectivity index (χ1v) is 14.3. The van der Waals surface area contributed by atoms with Crippen LogP contribution in [0.5, 0.6) is 0 Å². The Morgan fingerprint density at radius 1 is 1.38 bits per heavy atom. The van der Waals surface area contributed by atoms with Gasteiger partial charge >= 0.3 is 17.1 Å². The SMILES string of the molecule is CC(C)CO/N=C(/C(=O)NC1C(=O)N2C(C(=O)O)=C(CSc3n[nH]c(=O)c(=O)n3C)CSC12)c1csc(N)n1. The van der Waals surface area contributed by atoms with Crippen molar-refractivity contribution >= 4 is 63.5 Å². The van der Waals surface area contributed by atoms with Crippen LogP contribution in [0.15, 0.2) is 36.6 Å². The first kappa shape index (κ1) is 28.4. The first-order valence-electron chi connectivity index (χ1n) is 11.4. The van der Waals surface area contributed by atoms with Crippen LogP contribution in [0.25, 0.3) is 0 Å². The lowest BCUT2D eigenvalue weighted by molar-refractivity contribution is -0.150. The van der Waals surface area contributed by atoms with Crippen molar-refractivity contribution in [2.75, 3.05) is 23.8 Å². The van der Waals surface area contributed by atoms with E-state index in [1.807, 2.05) is 13.8 Å². The van der Waals surface area contributed by atoms with Gasteiger partial charge in [0.25, 0.3) is 11.8 Å². The highest BCUT2D eigenvalue weighted by molar-refractivity contribution is 8.01. The number of nitrogen functional groups attached to an aromatic ring is 1. The molecule has 1 fully saturated rings. The zero-order chi connectivity index (χ0) is 28.4. The Kier molecular flexibility index (Phi) is 8.45. The lowest BCUT2D eigenvalue weighted by Crippen LogP contribution is -2.71. The lowest BCUT2D eigenvalue weighted by Gasteiger charge is -2.49. The number of carbonyl (C=O) groups excluding carboxylic acids is 2. The van der Waals surface area contributed by atoms with Crippen LogP contribution in [0.2, 0.25) is 0 Å². The number of carboxylic acids is 1.